The normalized spacial score (nSPS) is 14.4. The minimum Gasteiger partial charge on any atom is -0.457 e. The lowest BCUT2D eigenvalue weighted by Gasteiger charge is -2.11. The fourth-order valence-corrected chi connectivity index (χ4v) is 2.46. The van der Waals surface area contributed by atoms with Crippen LogP contribution in [-0.4, -0.2) is 6.04 Å². The van der Waals surface area contributed by atoms with Crippen LogP contribution < -0.4 is 10.1 Å². The SMILES string of the molecule is Ic1cccc(Oc2ccccc2CNC2CC2)c1. The van der Waals surface area contributed by atoms with Gasteiger partial charge in [0, 0.05) is 21.7 Å². The highest BCUT2D eigenvalue weighted by atomic mass is 127. The van der Waals surface area contributed by atoms with Crippen LogP contribution >= 0.6 is 22.6 Å². The Morgan fingerprint density at radius 2 is 1.95 bits per heavy atom. The van der Waals surface area contributed by atoms with Crippen LogP contribution in [0.2, 0.25) is 0 Å². The predicted octanol–water partition coefficient (Wildman–Crippen LogP) is 4.34. The van der Waals surface area contributed by atoms with E-state index in [4.69, 9.17) is 4.74 Å². The summed E-state index contributed by atoms with van der Waals surface area (Å²) < 4.78 is 7.18. The first-order chi connectivity index (χ1) is 9.31. The van der Waals surface area contributed by atoms with Crippen LogP contribution in [0.5, 0.6) is 11.5 Å². The lowest BCUT2D eigenvalue weighted by atomic mass is 10.2. The summed E-state index contributed by atoms with van der Waals surface area (Å²) in [6.45, 7) is 0.880. The van der Waals surface area contributed by atoms with Crippen molar-refractivity contribution in [3.63, 3.8) is 0 Å². The molecule has 1 fully saturated rings. The van der Waals surface area contributed by atoms with Crippen LogP contribution in [0.3, 0.4) is 0 Å². The third-order valence-electron chi connectivity index (χ3n) is 3.16. The first kappa shape index (κ1) is 12.9. The van der Waals surface area contributed by atoms with E-state index in [9.17, 15) is 0 Å². The summed E-state index contributed by atoms with van der Waals surface area (Å²) in [5.74, 6) is 1.84. The Morgan fingerprint density at radius 1 is 1.11 bits per heavy atom. The molecule has 0 atom stereocenters. The van der Waals surface area contributed by atoms with Crippen LogP contribution in [0.1, 0.15) is 18.4 Å². The molecule has 0 heterocycles. The van der Waals surface area contributed by atoms with Gasteiger partial charge in [0.15, 0.2) is 0 Å². The summed E-state index contributed by atoms with van der Waals surface area (Å²) in [5, 5.41) is 3.53. The summed E-state index contributed by atoms with van der Waals surface area (Å²) in [6.07, 6.45) is 2.61. The zero-order valence-corrected chi connectivity index (χ0v) is 12.8. The molecule has 1 saturated carbocycles. The van der Waals surface area contributed by atoms with Crippen molar-refractivity contribution in [2.75, 3.05) is 0 Å². The van der Waals surface area contributed by atoms with Crippen LogP contribution in [0.4, 0.5) is 0 Å². The number of hydrogen-bond donors (Lipinski definition) is 1. The highest BCUT2D eigenvalue weighted by Crippen LogP contribution is 2.27. The molecule has 0 amide bonds. The van der Waals surface area contributed by atoms with Crippen molar-refractivity contribution >= 4 is 22.6 Å². The molecule has 0 aliphatic heterocycles. The van der Waals surface area contributed by atoms with E-state index < -0.39 is 0 Å². The summed E-state index contributed by atoms with van der Waals surface area (Å²) in [7, 11) is 0. The number of ether oxygens (including phenoxy) is 1. The van der Waals surface area contributed by atoms with Crippen LogP contribution in [0.25, 0.3) is 0 Å². The molecular weight excluding hydrogens is 349 g/mol. The van der Waals surface area contributed by atoms with Gasteiger partial charge in [0.25, 0.3) is 0 Å². The zero-order valence-electron chi connectivity index (χ0n) is 10.6. The molecule has 3 heteroatoms. The minimum atomic E-state index is 0.714. The Morgan fingerprint density at radius 3 is 2.74 bits per heavy atom. The Labute approximate surface area is 127 Å². The van der Waals surface area contributed by atoms with Gasteiger partial charge in [-0.3, -0.25) is 0 Å². The van der Waals surface area contributed by atoms with E-state index in [1.807, 2.05) is 30.3 Å². The third kappa shape index (κ3) is 3.70. The Hall–Kier alpha value is -1.07. The molecular formula is C16H16INO. The average molecular weight is 365 g/mol. The molecule has 0 bridgehead atoms. The van der Waals surface area contributed by atoms with Gasteiger partial charge in [-0.05, 0) is 59.7 Å². The fraction of sp³-hybridized carbons (Fsp3) is 0.250. The Bertz CT molecular complexity index is 566. The fourth-order valence-electron chi connectivity index (χ4n) is 1.95. The topological polar surface area (TPSA) is 21.3 Å². The second-order valence-electron chi connectivity index (χ2n) is 4.82. The van der Waals surface area contributed by atoms with Crippen molar-refractivity contribution in [3.8, 4) is 11.5 Å². The van der Waals surface area contributed by atoms with Crippen molar-refractivity contribution in [1.29, 1.82) is 0 Å². The summed E-state index contributed by atoms with van der Waals surface area (Å²) in [4.78, 5) is 0. The van der Waals surface area contributed by atoms with Crippen LogP contribution in [-0.2, 0) is 6.54 Å². The predicted molar refractivity (Wildman–Crippen MR) is 85.5 cm³/mol. The second-order valence-corrected chi connectivity index (χ2v) is 6.07. The van der Waals surface area contributed by atoms with E-state index in [0.29, 0.717) is 6.04 Å². The molecule has 0 unspecified atom stereocenters. The minimum absolute atomic E-state index is 0.714. The van der Waals surface area contributed by atoms with Gasteiger partial charge < -0.3 is 10.1 Å². The van der Waals surface area contributed by atoms with Crippen molar-refractivity contribution in [2.45, 2.75) is 25.4 Å². The maximum atomic E-state index is 6.00. The van der Waals surface area contributed by atoms with E-state index >= 15 is 0 Å². The number of nitrogens with one attached hydrogen (secondary N) is 1. The molecule has 0 aromatic heterocycles. The lowest BCUT2D eigenvalue weighted by Crippen LogP contribution is -2.15. The molecule has 1 aliphatic carbocycles. The van der Waals surface area contributed by atoms with E-state index in [1.165, 1.54) is 22.0 Å². The van der Waals surface area contributed by atoms with Crippen molar-refractivity contribution in [3.05, 3.63) is 57.7 Å². The standard InChI is InChI=1S/C16H16INO/c17-13-5-3-6-15(10-13)19-16-7-2-1-4-12(16)11-18-14-8-9-14/h1-7,10,14,18H,8-9,11H2. The molecule has 19 heavy (non-hydrogen) atoms. The molecule has 2 nitrogen and oxygen atoms in total. The molecule has 1 N–H and O–H groups in total. The zero-order chi connectivity index (χ0) is 13.1. The quantitative estimate of drug-likeness (QED) is 0.797. The smallest absolute Gasteiger partial charge is 0.131 e. The average Bonchev–Trinajstić information content (AvgIpc) is 3.22. The summed E-state index contributed by atoms with van der Waals surface area (Å²) >= 11 is 2.30. The molecule has 0 radical (unpaired) electrons. The molecule has 1 aliphatic rings. The number of halogens is 1. The van der Waals surface area contributed by atoms with Gasteiger partial charge in [-0.2, -0.15) is 0 Å². The van der Waals surface area contributed by atoms with Gasteiger partial charge in [0.1, 0.15) is 11.5 Å². The van der Waals surface area contributed by atoms with E-state index in [1.54, 1.807) is 0 Å². The van der Waals surface area contributed by atoms with Crippen LogP contribution in [0.15, 0.2) is 48.5 Å². The molecule has 2 aromatic carbocycles. The van der Waals surface area contributed by atoms with Crippen molar-refractivity contribution in [2.24, 2.45) is 0 Å². The highest BCUT2D eigenvalue weighted by molar-refractivity contribution is 14.1. The van der Waals surface area contributed by atoms with Gasteiger partial charge in [0.2, 0.25) is 0 Å². The van der Waals surface area contributed by atoms with E-state index in [-0.39, 0.29) is 0 Å². The van der Waals surface area contributed by atoms with Gasteiger partial charge in [-0.15, -0.1) is 0 Å². The number of para-hydroxylation sites is 1. The molecule has 98 valence electrons. The lowest BCUT2D eigenvalue weighted by molar-refractivity contribution is 0.472. The van der Waals surface area contributed by atoms with E-state index in [2.05, 4.69) is 46.1 Å². The molecule has 0 saturated heterocycles. The van der Waals surface area contributed by atoms with Gasteiger partial charge in [-0.25, -0.2) is 0 Å². The highest BCUT2D eigenvalue weighted by Gasteiger charge is 2.20. The number of benzene rings is 2. The van der Waals surface area contributed by atoms with Gasteiger partial charge in [-0.1, -0.05) is 24.3 Å². The number of rotatable bonds is 5. The summed E-state index contributed by atoms with van der Waals surface area (Å²) in [6, 6.07) is 17.1. The van der Waals surface area contributed by atoms with E-state index in [0.717, 1.165) is 18.0 Å². The monoisotopic (exact) mass is 365 g/mol. The maximum absolute atomic E-state index is 6.00. The third-order valence-corrected chi connectivity index (χ3v) is 3.83. The van der Waals surface area contributed by atoms with Crippen LogP contribution in [0, 0.1) is 3.57 Å². The van der Waals surface area contributed by atoms with Gasteiger partial charge >= 0.3 is 0 Å². The first-order valence-corrected chi connectivity index (χ1v) is 7.64. The molecule has 3 rings (SSSR count). The maximum Gasteiger partial charge on any atom is 0.131 e. The first-order valence-electron chi connectivity index (χ1n) is 6.56. The molecule has 2 aromatic rings. The van der Waals surface area contributed by atoms with Crippen molar-refractivity contribution < 1.29 is 4.74 Å². The van der Waals surface area contributed by atoms with Crippen molar-refractivity contribution in [1.82, 2.24) is 5.32 Å². The molecule has 0 spiro atoms. The number of hydrogen-bond acceptors (Lipinski definition) is 2. The second kappa shape index (κ2) is 5.92. The Kier molecular flexibility index (Phi) is 4.03. The largest absolute Gasteiger partial charge is 0.457 e. The van der Waals surface area contributed by atoms with Gasteiger partial charge in [0.05, 0.1) is 0 Å². The Balaban J connectivity index is 1.75. The summed E-state index contributed by atoms with van der Waals surface area (Å²) in [5.41, 5.74) is 1.22.